The van der Waals surface area contributed by atoms with Gasteiger partial charge in [-0.15, -0.1) is 12.4 Å². The van der Waals surface area contributed by atoms with Crippen LogP contribution in [-0.4, -0.2) is 42.2 Å². The van der Waals surface area contributed by atoms with Gasteiger partial charge >= 0.3 is 0 Å². The molecule has 0 saturated carbocycles. The number of H-pyrrole nitrogens is 1. The van der Waals surface area contributed by atoms with Crippen molar-refractivity contribution in [3.8, 4) is 5.75 Å². The predicted molar refractivity (Wildman–Crippen MR) is 146 cm³/mol. The molecule has 0 atom stereocenters. The number of halogens is 1. The van der Waals surface area contributed by atoms with Crippen molar-refractivity contribution in [1.82, 2.24) is 15.1 Å². The highest BCUT2D eigenvalue weighted by molar-refractivity contribution is 6.35. The number of anilines is 1. The first-order chi connectivity index (χ1) is 16.5. The molecular weight excluding hydrogens is 460 g/mol. The Morgan fingerprint density at radius 2 is 1.74 bits per heavy atom. The minimum absolute atomic E-state index is 0. The third-order valence-corrected chi connectivity index (χ3v) is 5.85. The molecule has 5 rings (SSSR count). The van der Waals surface area contributed by atoms with E-state index in [9.17, 15) is 4.79 Å². The van der Waals surface area contributed by atoms with Gasteiger partial charge in [-0.1, -0.05) is 36.4 Å². The van der Waals surface area contributed by atoms with Gasteiger partial charge in [-0.05, 0) is 73.3 Å². The molecule has 178 valence electrons. The molecule has 0 saturated heterocycles. The van der Waals surface area contributed by atoms with E-state index in [0.29, 0.717) is 11.3 Å². The zero-order chi connectivity index (χ0) is 23.7. The largest absolute Gasteiger partial charge is 0.497 e. The summed E-state index contributed by atoms with van der Waals surface area (Å²) in [5, 5.41) is 11.5. The summed E-state index contributed by atoms with van der Waals surface area (Å²) in [6.45, 7) is 0.924. The maximum absolute atomic E-state index is 12.5. The van der Waals surface area contributed by atoms with E-state index in [1.165, 1.54) is 5.56 Å². The number of ether oxygens (including phenoxy) is 1. The van der Waals surface area contributed by atoms with Crippen molar-refractivity contribution in [1.29, 1.82) is 0 Å². The van der Waals surface area contributed by atoms with Crippen LogP contribution in [-0.2, 0) is 11.3 Å². The van der Waals surface area contributed by atoms with Crippen LogP contribution in [0.2, 0.25) is 0 Å². The number of rotatable bonds is 6. The van der Waals surface area contributed by atoms with Crippen LogP contribution >= 0.6 is 12.4 Å². The van der Waals surface area contributed by atoms with Crippen LogP contribution in [0.25, 0.3) is 34.7 Å². The molecule has 0 bridgehead atoms. The third kappa shape index (κ3) is 5.14. The number of carbonyl (C=O) groups excluding carboxylic acids is 1. The van der Waals surface area contributed by atoms with Crippen LogP contribution in [0.5, 0.6) is 5.75 Å². The third-order valence-electron chi connectivity index (χ3n) is 5.85. The number of amides is 1. The Labute approximate surface area is 210 Å². The predicted octanol–water partition coefficient (Wildman–Crippen LogP) is 5.72. The minimum Gasteiger partial charge on any atom is -0.497 e. The number of hydrogen-bond donors (Lipinski definition) is 2. The van der Waals surface area contributed by atoms with Gasteiger partial charge in [0.1, 0.15) is 5.75 Å². The molecule has 1 aromatic heterocycles. The van der Waals surface area contributed by atoms with Gasteiger partial charge in [-0.2, -0.15) is 5.10 Å². The molecule has 4 aromatic rings. The zero-order valence-electron chi connectivity index (χ0n) is 19.8. The fourth-order valence-electron chi connectivity index (χ4n) is 4.15. The highest BCUT2D eigenvalue weighted by Gasteiger charge is 2.24. The number of benzene rings is 3. The number of methoxy groups -OCH3 is 1. The van der Waals surface area contributed by atoms with Crippen molar-refractivity contribution in [2.24, 2.45) is 0 Å². The summed E-state index contributed by atoms with van der Waals surface area (Å²) in [5.41, 5.74) is 7.37. The van der Waals surface area contributed by atoms with Crippen LogP contribution in [0.1, 0.15) is 27.9 Å². The van der Waals surface area contributed by atoms with Gasteiger partial charge < -0.3 is 15.0 Å². The molecule has 6 nitrogen and oxygen atoms in total. The normalized spacial score (nSPS) is 13.9. The lowest BCUT2D eigenvalue weighted by molar-refractivity contribution is -0.110. The summed E-state index contributed by atoms with van der Waals surface area (Å²) >= 11 is 0. The van der Waals surface area contributed by atoms with Crippen LogP contribution in [0.15, 0.2) is 60.7 Å². The highest BCUT2D eigenvalue weighted by Crippen LogP contribution is 2.36. The van der Waals surface area contributed by atoms with Crippen molar-refractivity contribution in [3.63, 3.8) is 0 Å². The number of aromatic nitrogens is 2. The second-order valence-corrected chi connectivity index (χ2v) is 8.65. The molecule has 1 aliphatic rings. The monoisotopic (exact) mass is 486 g/mol. The fourth-order valence-corrected chi connectivity index (χ4v) is 4.15. The lowest BCUT2D eigenvalue weighted by Gasteiger charge is -2.09. The molecule has 0 fully saturated rings. The Hall–Kier alpha value is -3.87. The zero-order valence-corrected chi connectivity index (χ0v) is 20.6. The molecule has 0 aliphatic carbocycles. The van der Waals surface area contributed by atoms with E-state index in [-0.39, 0.29) is 18.3 Å². The molecule has 1 amide bonds. The van der Waals surface area contributed by atoms with Gasteiger partial charge in [0.25, 0.3) is 5.91 Å². The van der Waals surface area contributed by atoms with Crippen molar-refractivity contribution in [3.05, 3.63) is 88.6 Å². The fraction of sp³-hybridized carbons (Fsp3) is 0.143. The first-order valence-electron chi connectivity index (χ1n) is 11.1. The van der Waals surface area contributed by atoms with Gasteiger partial charge in [0.05, 0.1) is 18.3 Å². The lowest BCUT2D eigenvalue weighted by Crippen LogP contribution is -2.10. The molecule has 2 heterocycles. The first-order valence-corrected chi connectivity index (χ1v) is 11.1. The van der Waals surface area contributed by atoms with Crippen LogP contribution in [0, 0.1) is 0 Å². The van der Waals surface area contributed by atoms with Gasteiger partial charge in [0.15, 0.2) is 0 Å². The average molecular weight is 487 g/mol. The minimum atomic E-state index is -0.117. The lowest BCUT2D eigenvalue weighted by atomic mass is 10.0. The Bertz CT molecular complexity index is 1440. The smallest absolute Gasteiger partial charge is 0.256 e. The number of fused-ring (bicyclic) bond motifs is 2. The summed E-state index contributed by atoms with van der Waals surface area (Å²) < 4.78 is 5.32. The summed E-state index contributed by atoms with van der Waals surface area (Å²) in [4.78, 5) is 14.7. The molecule has 2 N–H and O–H groups in total. The van der Waals surface area contributed by atoms with E-state index in [0.717, 1.165) is 45.5 Å². The Balaban J connectivity index is 0.00000289. The van der Waals surface area contributed by atoms with Gasteiger partial charge in [-0.25, -0.2) is 0 Å². The number of aromatic amines is 1. The average Bonchev–Trinajstić information content (AvgIpc) is 3.38. The van der Waals surface area contributed by atoms with Crippen molar-refractivity contribution < 1.29 is 9.53 Å². The number of nitrogens with zero attached hydrogens (tertiary/aromatic N) is 2. The van der Waals surface area contributed by atoms with Crippen LogP contribution in [0.4, 0.5) is 5.69 Å². The molecule has 1 aliphatic heterocycles. The Morgan fingerprint density at radius 3 is 2.49 bits per heavy atom. The SMILES string of the molecule is COc1ccc2c(c1)/C(=C\c1ccc3c(C=Cc4ccc(CN(C)C)cc4)n[nH]c3c1)C(=O)N2.Cl. The Kier molecular flexibility index (Phi) is 7.05. The molecule has 3 aromatic carbocycles. The van der Waals surface area contributed by atoms with E-state index >= 15 is 0 Å². The molecular formula is C28H27ClN4O2. The van der Waals surface area contributed by atoms with Gasteiger partial charge in [0, 0.05) is 28.8 Å². The van der Waals surface area contributed by atoms with Crippen molar-refractivity contribution >= 4 is 58.7 Å². The molecule has 0 spiro atoms. The summed E-state index contributed by atoms with van der Waals surface area (Å²) in [5.74, 6) is 0.599. The molecule has 35 heavy (non-hydrogen) atoms. The van der Waals surface area contributed by atoms with Gasteiger partial charge in [-0.3, -0.25) is 9.89 Å². The standard InChI is InChI=1S/C28H26N4O2.ClH/c1-32(2)17-19-6-4-18(5-7-19)9-12-26-22-11-8-20(15-27(22)31-30-26)14-24-23-16-21(34-3)10-13-25(23)29-28(24)33;/h4-16H,17H2,1-3H3,(H,29,33)(H,30,31);1H/b12-9?,24-14+;. The van der Waals surface area contributed by atoms with Crippen LogP contribution < -0.4 is 10.1 Å². The summed E-state index contributed by atoms with van der Waals surface area (Å²) in [6.07, 6.45) is 5.98. The maximum atomic E-state index is 12.5. The molecule has 7 heteroatoms. The van der Waals surface area contributed by atoms with E-state index < -0.39 is 0 Å². The van der Waals surface area contributed by atoms with E-state index in [4.69, 9.17) is 4.74 Å². The van der Waals surface area contributed by atoms with E-state index in [1.54, 1.807) is 7.11 Å². The maximum Gasteiger partial charge on any atom is 0.256 e. The second-order valence-electron chi connectivity index (χ2n) is 8.65. The number of hydrogen-bond acceptors (Lipinski definition) is 4. The van der Waals surface area contributed by atoms with Gasteiger partial charge in [0.2, 0.25) is 0 Å². The highest BCUT2D eigenvalue weighted by atomic mass is 35.5. The summed E-state index contributed by atoms with van der Waals surface area (Å²) in [7, 11) is 5.75. The molecule has 0 radical (unpaired) electrons. The van der Waals surface area contributed by atoms with Crippen molar-refractivity contribution in [2.75, 3.05) is 26.5 Å². The van der Waals surface area contributed by atoms with E-state index in [1.807, 2.05) is 48.6 Å². The topological polar surface area (TPSA) is 70.2 Å². The number of nitrogens with one attached hydrogen (secondary N) is 2. The molecule has 0 unspecified atom stereocenters. The first kappa shape index (κ1) is 24.3. The van der Waals surface area contributed by atoms with E-state index in [2.05, 4.69) is 64.9 Å². The summed E-state index contributed by atoms with van der Waals surface area (Å²) in [6, 6.07) is 20.2. The second kappa shape index (κ2) is 10.2. The van der Waals surface area contributed by atoms with Crippen molar-refractivity contribution in [2.45, 2.75) is 6.54 Å². The Morgan fingerprint density at radius 1 is 0.971 bits per heavy atom. The quantitative estimate of drug-likeness (QED) is 0.342. The number of carbonyl (C=O) groups is 1. The van der Waals surface area contributed by atoms with Crippen LogP contribution in [0.3, 0.4) is 0 Å².